The van der Waals surface area contributed by atoms with Gasteiger partial charge in [-0.1, -0.05) is 0 Å². The molecule has 2 N–H and O–H groups in total. The second-order valence-electron chi connectivity index (χ2n) is 6.57. The quantitative estimate of drug-likeness (QED) is 0.741. The summed E-state index contributed by atoms with van der Waals surface area (Å²) in [5.41, 5.74) is 2.65. The second-order valence-corrected chi connectivity index (χ2v) is 6.57. The third-order valence-corrected chi connectivity index (χ3v) is 4.77. The number of aromatic amines is 1. The van der Waals surface area contributed by atoms with Crippen LogP contribution >= 0.6 is 0 Å². The maximum atomic E-state index is 13.6. The normalized spacial score (nSPS) is 15.7. The van der Waals surface area contributed by atoms with Crippen LogP contribution in [0.15, 0.2) is 41.3 Å². The Bertz CT molecular complexity index is 1050. The lowest BCUT2D eigenvalue weighted by Gasteiger charge is -2.27. The highest BCUT2D eigenvalue weighted by molar-refractivity contribution is 5.56. The van der Waals surface area contributed by atoms with E-state index in [1.807, 2.05) is 12.1 Å². The van der Waals surface area contributed by atoms with Gasteiger partial charge in [0.1, 0.15) is 23.2 Å². The van der Waals surface area contributed by atoms with Crippen LogP contribution < -0.4 is 15.6 Å². The average molecular weight is 366 g/mol. The largest absolute Gasteiger partial charge is 0.493 e. The van der Waals surface area contributed by atoms with Gasteiger partial charge in [-0.2, -0.15) is 0 Å². The number of ether oxygens (including phenoxy) is 1. The van der Waals surface area contributed by atoms with Crippen LogP contribution in [0.4, 0.5) is 10.2 Å². The van der Waals surface area contributed by atoms with E-state index in [1.165, 1.54) is 12.1 Å². The lowest BCUT2D eigenvalue weighted by molar-refractivity contribution is 0.273. The standard InChI is InChI=1S/C20H19FN4O2/c1-11-12(2)23-19(25-20(11)26)13-3-6-18(22-10-13)24-16-7-8-27-17-5-4-14(21)9-15(16)17/h3-6,9-10,16H,7-8H2,1-2H3,(H,22,24)(H,23,25,26). The number of hydrogen-bond donors (Lipinski definition) is 2. The Kier molecular flexibility index (Phi) is 4.35. The van der Waals surface area contributed by atoms with Crippen LogP contribution in [0.5, 0.6) is 5.75 Å². The van der Waals surface area contributed by atoms with Crippen LogP contribution in [0, 0.1) is 19.7 Å². The predicted octanol–water partition coefficient (Wildman–Crippen LogP) is 3.52. The SMILES string of the molecule is Cc1nc(-c2ccc(NC3CCOc4ccc(F)cc43)nc2)[nH]c(=O)c1C. The Morgan fingerprint density at radius 3 is 2.85 bits per heavy atom. The fraction of sp³-hybridized carbons (Fsp3) is 0.250. The van der Waals surface area contributed by atoms with Gasteiger partial charge in [0.25, 0.3) is 5.56 Å². The predicted molar refractivity (Wildman–Crippen MR) is 100 cm³/mol. The fourth-order valence-corrected chi connectivity index (χ4v) is 3.09. The lowest BCUT2D eigenvalue weighted by Crippen LogP contribution is -2.21. The molecule has 1 aliphatic rings. The molecule has 0 radical (unpaired) electrons. The Hall–Kier alpha value is -3.22. The molecule has 6 nitrogen and oxygen atoms in total. The van der Waals surface area contributed by atoms with Crippen molar-refractivity contribution in [1.29, 1.82) is 0 Å². The monoisotopic (exact) mass is 366 g/mol. The number of fused-ring (bicyclic) bond motifs is 1. The zero-order valence-corrected chi connectivity index (χ0v) is 15.0. The van der Waals surface area contributed by atoms with Gasteiger partial charge in [-0.05, 0) is 44.2 Å². The van der Waals surface area contributed by atoms with Crippen molar-refractivity contribution in [2.45, 2.75) is 26.3 Å². The molecule has 1 aromatic carbocycles. The van der Waals surface area contributed by atoms with Gasteiger partial charge in [0, 0.05) is 35.0 Å². The van der Waals surface area contributed by atoms with Crippen molar-refractivity contribution in [3.8, 4) is 17.1 Å². The highest BCUT2D eigenvalue weighted by Gasteiger charge is 2.22. The molecule has 0 saturated carbocycles. The molecule has 3 aromatic rings. The van der Waals surface area contributed by atoms with Crippen LogP contribution in [0.3, 0.4) is 0 Å². The summed E-state index contributed by atoms with van der Waals surface area (Å²) in [7, 11) is 0. The first-order valence-electron chi connectivity index (χ1n) is 8.74. The van der Waals surface area contributed by atoms with Gasteiger partial charge in [0.15, 0.2) is 0 Å². The minimum absolute atomic E-state index is 0.0812. The van der Waals surface area contributed by atoms with E-state index in [2.05, 4.69) is 20.3 Å². The van der Waals surface area contributed by atoms with Crippen LogP contribution in [-0.2, 0) is 0 Å². The smallest absolute Gasteiger partial charge is 0.254 e. The molecule has 0 spiro atoms. The molecule has 1 aliphatic heterocycles. The van der Waals surface area contributed by atoms with E-state index in [9.17, 15) is 9.18 Å². The first-order valence-corrected chi connectivity index (χ1v) is 8.74. The van der Waals surface area contributed by atoms with E-state index in [1.54, 1.807) is 26.1 Å². The molecule has 0 amide bonds. The number of rotatable bonds is 3. The molecule has 0 bridgehead atoms. The maximum absolute atomic E-state index is 13.6. The Morgan fingerprint density at radius 1 is 1.26 bits per heavy atom. The molecule has 7 heteroatoms. The molecule has 0 saturated heterocycles. The van der Waals surface area contributed by atoms with Gasteiger partial charge < -0.3 is 15.0 Å². The lowest BCUT2D eigenvalue weighted by atomic mass is 10.0. The van der Waals surface area contributed by atoms with Gasteiger partial charge in [-0.3, -0.25) is 4.79 Å². The zero-order chi connectivity index (χ0) is 19.0. The molecule has 1 unspecified atom stereocenters. The average Bonchev–Trinajstić information content (AvgIpc) is 2.67. The minimum atomic E-state index is -0.292. The maximum Gasteiger partial charge on any atom is 0.254 e. The summed E-state index contributed by atoms with van der Waals surface area (Å²) in [6.07, 6.45) is 2.37. The molecule has 27 heavy (non-hydrogen) atoms. The number of aromatic nitrogens is 3. The van der Waals surface area contributed by atoms with E-state index in [0.717, 1.165) is 11.1 Å². The van der Waals surface area contributed by atoms with Crippen LogP contribution in [0.1, 0.15) is 29.3 Å². The second kappa shape index (κ2) is 6.83. The number of anilines is 1. The van der Waals surface area contributed by atoms with Gasteiger partial charge >= 0.3 is 0 Å². The number of aryl methyl sites for hydroxylation is 1. The molecule has 4 rings (SSSR count). The van der Waals surface area contributed by atoms with Gasteiger partial charge in [0.2, 0.25) is 0 Å². The van der Waals surface area contributed by atoms with Crippen molar-refractivity contribution >= 4 is 5.82 Å². The number of halogens is 1. The molecule has 3 heterocycles. The number of benzene rings is 1. The van der Waals surface area contributed by atoms with Gasteiger partial charge in [-0.25, -0.2) is 14.4 Å². The van der Waals surface area contributed by atoms with E-state index >= 15 is 0 Å². The van der Waals surface area contributed by atoms with E-state index in [-0.39, 0.29) is 17.4 Å². The third kappa shape index (κ3) is 3.40. The number of pyridine rings is 1. The fourth-order valence-electron chi connectivity index (χ4n) is 3.09. The Balaban J connectivity index is 1.58. The van der Waals surface area contributed by atoms with Gasteiger partial charge in [-0.15, -0.1) is 0 Å². The summed E-state index contributed by atoms with van der Waals surface area (Å²) >= 11 is 0. The van der Waals surface area contributed by atoms with Gasteiger partial charge in [0.05, 0.1) is 12.6 Å². The highest BCUT2D eigenvalue weighted by atomic mass is 19.1. The molecule has 0 fully saturated rings. The minimum Gasteiger partial charge on any atom is -0.493 e. The topological polar surface area (TPSA) is 79.9 Å². The Morgan fingerprint density at radius 2 is 2.11 bits per heavy atom. The molecule has 1 atom stereocenters. The van der Waals surface area contributed by atoms with Crippen LogP contribution in [0.25, 0.3) is 11.4 Å². The molecule has 138 valence electrons. The summed E-state index contributed by atoms with van der Waals surface area (Å²) < 4.78 is 19.2. The number of hydrogen-bond acceptors (Lipinski definition) is 5. The first kappa shape index (κ1) is 17.2. The summed E-state index contributed by atoms with van der Waals surface area (Å²) in [6.45, 7) is 4.10. The summed E-state index contributed by atoms with van der Waals surface area (Å²) in [5, 5.41) is 3.32. The summed E-state index contributed by atoms with van der Waals surface area (Å²) in [6, 6.07) is 8.11. The third-order valence-electron chi connectivity index (χ3n) is 4.77. The van der Waals surface area contributed by atoms with Crippen molar-refractivity contribution in [2.75, 3.05) is 11.9 Å². The van der Waals surface area contributed by atoms with Crippen molar-refractivity contribution in [1.82, 2.24) is 15.0 Å². The zero-order valence-electron chi connectivity index (χ0n) is 15.0. The molecular formula is C20H19FN4O2. The van der Waals surface area contributed by atoms with Crippen molar-refractivity contribution in [2.24, 2.45) is 0 Å². The first-order chi connectivity index (χ1) is 13.0. The van der Waals surface area contributed by atoms with E-state index in [0.29, 0.717) is 41.7 Å². The number of nitrogens with zero attached hydrogens (tertiary/aromatic N) is 2. The van der Waals surface area contributed by atoms with Crippen LogP contribution in [-0.4, -0.2) is 21.6 Å². The van der Waals surface area contributed by atoms with E-state index < -0.39 is 0 Å². The summed E-state index contributed by atoms with van der Waals surface area (Å²) in [4.78, 5) is 23.5. The van der Waals surface area contributed by atoms with Crippen LogP contribution in [0.2, 0.25) is 0 Å². The summed E-state index contributed by atoms with van der Waals surface area (Å²) in [5.74, 6) is 1.54. The van der Waals surface area contributed by atoms with Crippen molar-refractivity contribution in [3.05, 3.63) is 69.5 Å². The molecule has 0 aliphatic carbocycles. The van der Waals surface area contributed by atoms with Crippen molar-refractivity contribution in [3.63, 3.8) is 0 Å². The highest BCUT2D eigenvalue weighted by Crippen LogP contribution is 2.34. The Labute approximate surface area is 155 Å². The number of H-pyrrole nitrogens is 1. The van der Waals surface area contributed by atoms with E-state index in [4.69, 9.17) is 4.74 Å². The number of nitrogens with one attached hydrogen (secondary N) is 2. The van der Waals surface area contributed by atoms with Crippen molar-refractivity contribution < 1.29 is 9.13 Å². The molecule has 2 aromatic heterocycles. The molecular weight excluding hydrogens is 347 g/mol.